The number of hydrogen-bond donors (Lipinski definition) is 2. The first-order valence-electron chi connectivity index (χ1n) is 7.76. The third-order valence-corrected chi connectivity index (χ3v) is 5.84. The molecule has 26 heavy (non-hydrogen) atoms. The molecule has 2 N–H and O–H groups in total. The average molecular weight is 416 g/mol. The van der Waals surface area contributed by atoms with Crippen LogP contribution in [-0.2, 0) is 10.0 Å². The highest BCUT2D eigenvalue weighted by atomic mass is 35.5. The zero-order valence-electron chi connectivity index (χ0n) is 14.0. The minimum atomic E-state index is -4.53. The zero-order valence-corrected chi connectivity index (χ0v) is 15.7. The van der Waals surface area contributed by atoms with E-state index in [-0.39, 0.29) is 28.9 Å². The normalized spacial score (nSPS) is 18.8. The molecule has 2 rings (SSSR count). The second-order valence-electron chi connectivity index (χ2n) is 5.82. The Morgan fingerprint density at radius 3 is 2.65 bits per heavy atom. The highest BCUT2D eigenvalue weighted by Gasteiger charge is 2.31. The quantitative estimate of drug-likeness (QED) is 0.768. The van der Waals surface area contributed by atoms with Gasteiger partial charge in [0.1, 0.15) is 6.54 Å². The van der Waals surface area contributed by atoms with Gasteiger partial charge in [0.05, 0.1) is 4.90 Å². The van der Waals surface area contributed by atoms with Crippen molar-refractivity contribution in [1.29, 1.82) is 0 Å². The van der Waals surface area contributed by atoms with Gasteiger partial charge in [0.25, 0.3) is 5.91 Å². The third-order valence-electron chi connectivity index (χ3n) is 3.98. The first kappa shape index (κ1) is 22.7. The van der Waals surface area contributed by atoms with Crippen molar-refractivity contribution >= 4 is 28.3 Å². The van der Waals surface area contributed by atoms with Crippen LogP contribution < -0.4 is 10.6 Å². The number of alkyl halides is 3. The van der Waals surface area contributed by atoms with Crippen LogP contribution in [0.3, 0.4) is 0 Å². The Balaban J connectivity index is 0.00000338. The van der Waals surface area contributed by atoms with E-state index in [1.54, 1.807) is 12.4 Å². The van der Waals surface area contributed by atoms with Crippen LogP contribution in [0.5, 0.6) is 0 Å². The first-order valence-corrected chi connectivity index (χ1v) is 9.20. The number of carbonyl (C=O) groups excluding carboxylic acids is 1. The van der Waals surface area contributed by atoms with Crippen LogP contribution in [0.15, 0.2) is 29.2 Å². The molecule has 0 radical (unpaired) electrons. The number of carbonyl (C=O) groups is 1. The molecule has 1 unspecified atom stereocenters. The summed E-state index contributed by atoms with van der Waals surface area (Å²) in [5, 5.41) is 4.77. The summed E-state index contributed by atoms with van der Waals surface area (Å²) in [7, 11) is -2.06. The van der Waals surface area contributed by atoms with Crippen molar-refractivity contribution in [2.75, 3.05) is 26.7 Å². The number of amides is 1. The fourth-order valence-electron chi connectivity index (χ4n) is 2.63. The van der Waals surface area contributed by atoms with Crippen molar-refractivity contribution in [3.8, 4) is 0 Å². The summed E-state index contributed by atoms with van der Waals surface area (Å²) in [5.41, 5.74) is -0.132. The van der Waals surface area contributed by atoms with Gasteiger partial charge < -0.3 is 10.6 Å². The highest BCUT2D eigenvalue weighted by molar-refractivity contribution is 7.89. The fourth-order valence-corrected chi connectivity index (χ4v) is 4.20. The van der Waals surface area contributed by atoms with Gasteiger partial charge in [-0.25, -0.2) is 8.42 Å². The standard InChI is InChI=1S/C15H20F3N3O3S.ClH/c1-19-12-5-3-7-21(9-12)25(23,24)13-6-2-4-11(8-13)14(22)20-10-15(16,17)18;/h2,4,6,8,12,19H,3,5,7,9-10H2,1H3,(H,20,22);1H. The van der Waals surface area contributed by atoms with E-state index in [1.165, 1.54) is 22.5 Å². The van der Waals surface area contributed by atoms with Crippen LogP contribution in [0.1, 0.15) is 23.2 Å². The molecule has 11 heteroatoms. The number of nitrogens with zero attached hydrogens (tertiary/aromatic N) is 1. The lowest BCUT2D eigenvalue weighted by atomic mass is 10.1. The molecule has 1 aliphatic rings. The Morgan fingerprint density at radius 2 is 2.04 bits per heavy atom. The van der Waals surface area contributed by atoms with Crippen LogP contribution in [-0.4, -0.2) is 57.5 Å². The summed E-state index contributed by atoms with van der Waals surface area (Å²) in [6.45, 7) is -0.798. The van der Waals surface area contributed by atoms with Crippen molar-refractivity contribution in [2.24, 2.45) is 0 Å². The first-order chi connectivity index (χ1) is 11.6. The molecule has 1 aromatic carbocycles. The van der Waals surface area contributed by atoms with Gasteiger partial charge in [-0.1, -0.05) is 6.07 Å². The van der Waals surface area contributed by atoms with Gasteiger partial charge in [0, 0.05) is 24.7 Å². The largest absolute Gasteiger partial charge is 0.405 e. The molecular formula is C15H21ClF3N3O3S. The SMILES string of the molecule is CNC1CCCN(S(=O)(=O)c2cccc(C(=O)NCC(F)(F)F)c2)C1.Cl. The zero-order chi connectivity index (χ0) is 18.7. The number of piperidine rings is 1. The average Bonchev–Trinajstić information content (AvgIpc) is 2.59. The molecule has 6 nitrogen and oxygen atoms in total. The smallest absolute Gasteiger partial charge is 0.343 e. The lowest BCUT2D eigenvalue weighted by Gasteiger charge is -2.31. The minimum absolute atomic E-state index is 0. The van der Waals surface area contributed by atoms with Crippen molar-refractivity contribution in [3.63, 3.8) is 0 Å². The van der Waals surface area contributed by atoms with Gasteiger partial charge >= 0.3 is 6.18 Å². The van der Waals surface area contributed by atoms with E-state index in [9.17, 15) is 26.4 Å². The number of rotatable bonds is 5. The Labute approximate surface area is 156 Å². The maximum atomic E-state index is 12.7. The number of nitrogens with one attached hydrogen (secondary N) is 2. The van der Waals surface area contributed by atoms with E-state index in [2.05, 4.69) is 5.32 Å². The monoisotopic (exact) mass is 415 g/mol. The summed E-state index contributed by atoms with van der Waals surface area (Å²) in [5.74, 6) is -0.971. The maximum Gasteiger partial charge on any atom is 0.405 e. The van der Waals surface area contributed by atoms with Crippen molar-refractivity contribution in [3.05, 3.63) is 29.8 Å². The van der Waals surface area contributed by atoms with E-state index in [4.69, 9.17) is 0 Å². The molecule has 0 bridgehead atoms. The number of likely N-dealkylation sites (N-methyl/N-ethyl adjacent to an activating group) is 1. The van der Waals surface area contributed by atoms with Crippen LogP contribution >= 0.6 is 12.4 Å². The maximum absolute atomic E-state index is 12.7. The van der Waals surface area contributed by atoms with Crippen molar-refractivity contribution in [1.82, 2.24) is 14.9 Å². The van der Waals surface area contributed by atoms with Gasteiger partial charge in [0.15, 0.2) is 0 Å². The summed E-state index contributed by atoms with van der Waals surface area (Å²) in [6.07, 6.45) is -2.96. The molecule has 148 valence electrons. The lowest BCUT2D eigenvalue weighted by Crippen LogP contribution is -2.46. The molecule has 1 saturated heterocycles. The Bertz CT molecular complexity index is 728. The molecule has 1 aliphatic heterocycles. The van der Waals surface area contributed by atoms with Crippen LogP contribution in [0.25, 0.3) is 0 Å². The summed E-state index contributed by atoms with van der Waals surface area (Å²) in [4.78, 5) is 11.7. The lowest BCUT2D eigenvalue weighted by molar-refractivity contribution is -0.123. The van der Waals surface area contributed by atoms with E-state index in [0.717, 1.165) is 12.5 Å². The Morgan fingerprint density at radius 1 is 1.35 bits per heavy atom. The van der Waals surface area contributed by atoms with Crippen LogP contribution in [0.2, 0.25) is 0 Å². The van der Waals surface area contributed by atoms with E-state index in [0.29, 0.717) is 19.5 Å². The summed E-state index contributed by atoms with van der Waals surface area (Å²) in [6, 6.07) is 5.09. The molecule has 1 atom stereocenters. The number of hydrogen-bond acceptors (Lipinski definition) is 4. The summed E-state index contributed by atoms with van der Waals surface area (Å²) >= 11 is 0. The molecule has 1 fully saturated rings. The number of sulfonamides is 1. The highest BCUT2D eigenvalue weighted by Crippen LogP contribution is 2.22. The van der Waals surface area contributed by atoms with Crippen molar-refractivity contribution in [2.45, 2.75) is 30.0 Å². The second kappa shape index (κ2) is 9.03. The van der Waals surface area contributed by atoms with E-state index >= 15 is 0 Å². The molecule has 0 aromatic heterocycles. The molecule has 0 aliphatic carbocycles. The molecule has 1 heterocycles. The summed E-state index contributed by atoms with van der Waals surface area (Å²) < 4.78 is 63.3. The predicted octanol–water partition coefficient (Wildman–Crippen LogP) is 1.77. The predicted molar refractivity (Wildman–Crippen MR) is 92.9 cm³/mol. The van der Waals surface area contributed by atoms with Gasteiger partial charge in [-0.15, -0.1) is 12.4 Å². The molecule has 1 aromatic rings. The van der Waals surface area contributed by atoms with Gasteiger partial charge in [-0.3, -0.25) is 4.79 Å². The van der Waals surface area contributed by atoms with Gasteiger partial charge in [-0.05, 0) is 38.1 Å². The van der Waals surface area contributed by atoms with Crippen LogP contribution in [0, 0.1) is 0 Å². The minimum Gasteiger partial charge on any atom is -0.343 e. The Hall–Kier alpha value is -1.36. The van der Waals surface area contributed by atoms with Gasteiger partial charge in [-0.2, -0.15) is 17.5 Å². The topological polar surface area (TPSA) is 78.5 Å². The molecule has 1 amide bonds. The molecule has 0 saturated carbocycles. The fraction of sp³-hybridized carbons (Fsp3) is 0.533. The van der Waals surface area contributed by atoms with Crippen LogP contribution in [0.4, 0.5) is 13.2 Å². The number of benzene rings is 1. The van der Waals surface area contributed by atoms with Crippen molar-refractivity contribution < 1.29 is 26.4 Å². The number of halogens is 4. The van der Waals surface area contributed by atoms with E-state index < -0.39 is 28.7 Å². The Kier molecular flexibility index (Phi) is 7.87. The molecular weight excluding hydrogens is 395 g/mol. The second-order valence-corrected chi connectivity index (χ2v) is 7.75. The molecule has 0 spiro atoms. The van der Waals surface area contributed by atoms with E-state index in [1.807, 2.05) is 0 Å². The third kappa shape index (κ3) is 5.83. The van der Waals surface area contributed by atoms with Gasteiger partial charge in [0.2, 0.25) is 10.0 Å².